The number of aliphatic hydroxyl groups excluding tert-OH is 1. The molecule has 2 aromatic rings. The molecule has 0 radical (unpaired) electrons. The molecular weight excluding hydrogens is 418 g/mol. The number of benzene rings is 1. The number of halogens is 2. The fourth-order valence-electron chi connectivity index (χ4n) is 4.00. The van der Waals surface area contributed by atoms with Gasteiger partial charge in [0, 0.05) is 11.3 Å². The molecule has 0 unspecified atom stereocenters. The Labute approximate surface area is 166 Å². The highest BCUT2D eigenvalue weighted by atomic mass is 79.9. The molecule has 138 valence electrons. The molecule has 4 atom stereocenters. The van der Waals surface area contributed by atoms with Gasteiger partial charge in [0.1, 0.15) is 17.4 Å². The first kappa shape index (κ1) is 18.4. The molecule has 4 rings (SSSR count). The molecule has 26 heavy (non-hydrogen) atoms. The number of nitrogens with zero attached hydrogens (tertiary/aromatic N) is 1. The van der Waals surface area contributed by atoms with Crippen molar-refractivity contribution in [2.45, 2.75) is 50.8 Å². The predicted octanol–water partition coefficient (Wildman–Crippen LogP) is 4.65. The van der Waals surface area contributed by atoms with Crippen LogP contribution in [0.25, 0.3) is 10.9 Å². The van der Waals surface area contributed by atoms with Crippen LogP contribution in [0.5, 0.6) is 0 Å². The molecule has 1 saturated heterocycles. The number of hydrogen-bond donors (Lipinski definition) is 1. The second kappa shape index (κ2) is 6.57. The number of ether oxygens (including phenoxy) is 2. The van der Waals surface area contributed by atoms with Crippen LogP contribution in [0.1, 0.15) is 25.8 Å². The molecule has 0 bridgehead atoms. The summed E-state index contributed by atoms with van der Waals surface area (Å²) < 4.78 is 12.7. The summed E-state index contributed by atoms with van der Waals surface area (Å²) in [4.78, 5) is 4.43. The molecule has 4 nitrogen and oxygen atoms in total. The maximum atomic E-state index is 10.4. The van der Waals surface area contributed by atoms with Crippen molar-refractivity contribution in [1.29, 1.82) is 0 Å². The van der Waals surface area contributed by atoms with Gasteiger partial charge in [-0.2, -0.15) is 0 Å². The number of pyridine rings is 1. The molecule has 6 heteroatoms. The molecule has 2 aliphatic rings. The highest BCUT2D eigenvalue weighted by Crippen LogP contribution is 2.45. The van der Waals surface area contributed by atoms with Crippen molar-refractivity contribution in [2.24, 2.45) is 5.92 Å². The third kappa shape index (κ3) is 3.20. The molecular formula is C20H21BrClNO3. The van der Waals surface area contributed by atoms with Crippen LogP contribution in [-0.2, 0) is 15.9 Å². The summed E-state index contributed by atoms with van der Waals surface area (Å²) in [5.74, 6) is -0.583. The number of fused-ring (bicyclic) bond motifs is 2. The molecule has 1 aromatic heterocycles. The van der Waals surface area contributed by atoms with E-state index in [1.54, 1.807) is 0 Å². The largest absolute Gasteiger partial charge is 0.386 e. The quantitative estimate of drug-likeness (QED) is 0.560. The van der Waals surface area contributed by atoms with E-state index in [-0.39, 0.29) is 18.1 Å². The van der Waals surface area contributed by atoms with Crippen LogP contribution in [0.2, 0.25) is 5.15 Å². The van der Waals surface area contributed by atoms with Crippen LogP contribution in [-0.4, -0.2) is 34.2 Å². The minimum Gasteiger partial charge on any atom is -0.386 e. The Kier molecular flexibility index (Phi) is 4.65. The second-order valence-corrected chi connectivity index (χ2v) is 8.73. The van der Waals surface area contributed by atoms with E-state index in [1.807, 2.05) is 19.9 Å². The summed E-state index contributed by atoms with van der Waals surface area (Å²) in [5.41, 5.74) is 2.86. The van der Waals surface area contributed by atoms with Gasteiger partial charge in [0.25, 0.3) is 0 Å². The smallest absolute Gasteiger partial charge is 0.163 e. The molecule has 1 N–H and O–H groups in total. The Bertz CT molecular complexity index is 885. The van der Waals surface area contributed by atoms with Gasteiger partial charge in [0.2, 0.25) is 0 Å². The monoisotopic (exact) mass is 437 g/mol. The lowest BCUT2D eigenvalue weighted by Crippen LogP contribution is -2.28. The number of aryl methyl sites for hydroxylation is 1. The van der Waals surface area contributed by atoms with Crippen molar-refractivity contribution in [1.82, 2.24) is 4.98 Å². The van der Waals surface area contributed by atoms with Gasteiger partial charge in [-0.1, -0.05) is 30.3 Å². The van der Waals surface area contributed by atoms with Gasteiger partial charge >= 0.3 is 0 Å². The number of aliphatic hydroxyl groups is 1. The van der Waals surface area contributed by atoms with Gasteiger partial charge in [0.15, 0.2) is 5.79 Å². The first-order valence-electron chi connectivity index (χ1n) is 8.72. The maximum Gasteiger partial charge on any atom is 0.163 e. The van der Waals surface area contributed by atoms with E-state index in [4.69, 9.17) is 21.1 Å². The molecule has 2 fully saturated rings. The SMILES string of the molecule is C=C1[C@H](O)[C@@H]2OC(C)(C)O[C@@H]2[C@H]1CCc1ccc2cc(Br)c(Cl)nc2c1. The third-order valence-corrected chi connectivity index (χ3v) is 6.39. The van der Waals surface area contributed by atoms with Crippen molar-refractivity contribution in [3.05, 3.63) is 51.6 Å². The van der Waals surface area contributed by atoms with E-state index < -0.39 is 11.9 Å². The van der Waals surface area contributed by atoms with Gasteiger partial charge in [0.05, 0.1) is 16.1 Å². The van der Waals surface area contributed by atoms with Crippen molar-refractivity contribution in [3.63, 3.8) is 0 Å². The first-order chi connectivity index (χ1) is 12.2. The van der Waals surface area contributed by atoms with E-state index in [1.165, 1.54) is 5.56 Å². The fourth-order valence-corrected chi connectivity index (χ4v) is 4.49. The van der Waals surface area contributed by atoms with E-state index in [0.717, 1.165) is 33.8 Å². The van der Waals surface area contributed by atoms with Gasteiger partial charge in [-0.15, -0.1) is 0 Å². The Morgan fingerprint density at radius 3 is 2.77 bits per heavy atom. The van der Waals surface area contributed by atoms with E-state index in [9.17, 15) is 5.11 Å². The lowest BCUT2D eigenvalue weighted by molar-refractivity contribution is -0.160. The van der Waals surface area contributed by atoms with Crippen molar-refractivity contribution >= 4 is 38.4 Å². The van der Waals surface area contributed by atoms with Gasteiger partial charge in [-0.05, 0) is 65.9 Å². The zero-order chi connectivity index (χ0) is 18.6. The zero-order valence-electron chi connectivity index (χ0n) is 14.7. The summed E-state index contributed by atoms with van der Waals surface area (Å²) in [6.07, 6.45) is 0.552. The molecule has 1 aromatic carbocycles. The average molecular weight is 439 g/mol. The topological polar surface area (TPSA) is 51.6 Å². The van der Waals surface area contributed by atoms with Crippen LogP contribution in [0.4, 0.5) is 0 Å². The Hall–Kier alpha value is -0.980. The molecule has 1 aliphatic carbocycles. The van der Waals surface area contributed by atoms with Crippen LogP contribution in [0.3, 0.4) is 0 Å². The number of aromatic nitrogens is 1. The summed E-state index contributed by atoms with van der Waals surface area (Å²) in [7, 11) is 0. The minimum absolute atomic E-state index is 0.0777. The number of rotatable bonds is 3. The normalized spacial score (nSPS) is 30.1. The van der Waals surface area contributed by atoms with Gasteiger partial charge in [-0.25, -0.2) is 4.98 Å². The summed E-state index contributed by atoms with van der Waals surface area (Å²) >= 11 is 9.52. The third-order valence-electron chi connectivity index (χ3n) is 5.26. The van der Waals surface area contributed by atoms with E-state index in [2.05, 4.69) is 45.7 Å². The molecule has 0 amide bonds. The lowest BCUT2D eigenvalue weighted by atomic mass is 9.93. The fraction of sp³-hybridized carbons (Fsp3) is 0.450. The summed E-state index contributed by atoms with van der Waals surface area (Å²) in [6, 6.07) is 8.19. The Balaban J connectivity index is 1.52. The predicted molar refractivity (Wildman–Crippen MR) is 105 cm³/mol. The highest BCUT2D eigenvalue weighted by molar-refractivity contribution is 9.10. The summed E-state index contributed by atoms with van der Waals surface area (Å²) in [5, 5.41) is 11.9. The zero-order valence-corrected chi connectivity index (χ0v) is 17.0. The maximum absolute atomic E-state index is 10.4. The Morgan fingerprint density at radius 2 is 2.00 bits per heavy atom. The van der Waals surface area contributed by atoms with Gasteiger partial charge in [-0.3, -0.25) is 0 Å². The van der Waals surface area contributed by atoms with Crippen LogP contribution >= 0.6 is 27.5 Å². The number of hydrogen-bond acceptors (Lipinski definition) is 4. The van der Waals surface area contributed by atoms with Crippen molar-refractivity contribution < 1.29 is 14.6 Å². The minimum atomic E-state index is -0.666. The molecule has 1 aliphatic heterocycles. The molecule has 2 heterocycles. The lowest BCUT2D eigenvalue weighted by Gasteiger charge is -2.23. The molecule has 1 saturated carbocycles. The summed E-state index contributed by atoms with van der Waals surface area (Å²) in [6.45, 7) is 7.85. The van der Waals surface area contributed by atoms with Crippen LogP contribution < -0.4 is 0 Å². The Morgan fingerprint density at radius 1 is 1.27 bits per heavy atom. The highest BCUT2D eigenvalue weighted by Gasteiger charge is 2.55. The van der Waals surface area contributed by atoms with Crippen LogP contribution in [0, 0.1) is 5.92 Å². The van der Waals surface area contributed by atoms with Crippen molar-refractivity contribution in [3.8, 4) is 0 Å². The standard InChI is InChI=1S/C20H21BrClNO3/c1-10-13(17-18(16(10)24)26-20(2,3)25-17)7-5-11-4-6-12-9-14(21)19(22)23-15(12)8-11/h4,6,8-9,13,16-18,24H,1,5,7H2,2-3H3/t13-,16-,17+,18-/m0/s1. The average Bonchev–Trinajstić information content (AvgIpc) is 3.00. The van der Waals surface area contributed by atoms with E-state index in [0.29, 0.717) is 5.15 Å². The van der Waals surface area contributed by atoms with E-state index >= 15 is 0 Å². The van der Waals surface area contributed by atoms with Gasteiger partial charge < -0.3 is 14.6 Å². The van der Waals surface area contributed by atoms with Crippen LogP contribution in [0.15, 0.2) is 40.9 Å². The second-order valence-electron chi connectivity index (χ2n) is 7.52. The first-order valence-corrected chi connectivity index (χ1v) is 9.89. The van der Waals surface area contributed by atoms with Crippen molar-refractivity contribution in [2.75, 3.05) is 0 Å². The molecule has 0 spiro atoms.